The van der Waals surface area contributed by atoms with Crippen LogP contribution in [0.1, 0.15) is 11.1 Å². The number of aromatic hydroxyl groups is 2. The van der Waals surface area contributed by atoms with Crippen molar-refractivity contribution in [3.05, 3.63) is 128 Å². The molecule has 0 fully saturated rings. The number of phenolic OH excluding ortho intramolecular Hbond substituents is 2. The van der Waals surface area contributed by atoms with Crippen LogP contribution in [0, 0.1) is 34.1 Å². The van der Waals surface area contributed by atoms with Gasteiger partial charge < -0.3 is 19.3 Å². The average molecular weight is 813 g/mol. The van der Waals surface area contributed by atoms with E-state index < -0.39 is 39.9 Å². The second kappa shape index (κ2) is 16.9. The molecular formula is C34H24CaN6O12S2. The molecule has 0 aliphatic heterocycles. The van der Waals surface area contributed by atoms with Crippen molar-refractivity contribution >= 4 is 114 Å². The standard InChI is InChI=1S/2C17H13N3O6S.Ca/c2*1-10-13(5-3-6-14(10)20(22)23)18-19-17-12-4-2-7-16(27(24,25)26)11(12)8-9-15(17)21;/h2*2-9,21H,1H3,(H,24,25,26);/q;;+2/p-2. The molecule has 18 nitrogen and oxygen atoms in total. The van der Waals surface area contributed by atoms with Crippen LogP contribution in [-0.4, -0.2) is 83.7 Å². The Bertz CT molecular complexity index is 2610. The Balaban J connectivity index is 0.000000240. The molecule has 6 aromatic carbocycles. The van der Waals surface area contributed by atoms with Gasteiger partial charge in [0.25, 0.3) is 11.4 Å². The molecule has 0 bridgehead atoms. The number of phenols is 2. The summed E-state index contributed by atoms with van der Waals surface area (Å²) in [5.74, 6) is -0.565. The molecule has 0 atom stereocenters. The van der Waals surface area contributed by atoms with Crippen LogP contribution in [0.4, 0.5) is 34.1 Å². The van der Waals surface area contributed by atoms with Crippen molar-refractivity contribution in [2.45, 2.75) is 23.6 Å². The van der Waals surface area contributed by atoms with E-state index in [9.17, 15) is 56.4 Å². The molecule has 0 amide bonds. The predicted molar refractivity (Wildman–Crippen MR) is 197 cm³/mol. The third kappa shape index (κ3) is 9.25. The zero-order valence-corrected chi connectivity index (χ0v) is 32.3. The minimum Gasteiger partial charge on any atom is -0.744 e. The molecule has 6 rings (SSSR count). The van der Waals surface area contributed by atoms with Gasteiger partial charge in [0.1, 0.15) is 43.1 Å². The maximum Gasteiger partial charge on any atom is 2.00 e. The van der Waals surface area contributed by atoms with Crippen LogP contribution in [-0.2, 0) is 20.2 Å². The fraction of sp³-hybridized carbons (Fsp3) is 0.0588. The SMILES string of the molecule is Cc1c(N=Nc2c(O)ccc3c(S(=O)(=O)[O-])cccc23)cccc1[N+](=O)[O-].Cc1c(N=Nc2c(O)ccc3c(S(=O)(=O)[O-])cccc23)cccc1[N+](=O)[O-].[Ca+2]. The van der Waals surface area contributed by atoms with Gasteiger partial charge in [0.05, 0.1) is 42.1 Å². The van der Waals surface area contributed by atoms with Crippen LogP contribution in [0.5, 0.6) is 11.5 Å². The molecule has 0 radical (unpaired) electrons. The van der Waals surface area contributed by atoms with Gasteiger partial charge in [-0.05, 0) is 62.4 Å². The molecule has 0 saturated heterocycles. The quantitative estimate of drug-likeness (QED) is 0.0489. The molecule has 0 unspecified atom stereocenters. The van der Waals surface area contributed by atoms with Crippen LogP contribution in [0.3, 0.4) is 0 Å². The zero-order valence-electron chi connectivity index (χ0n) is 28.4. The average Bonchev–Trinajstić information content (AvgIpc) is 3.10. The first kappa shape index (κ1) is 42.3. The first-order chi connectivity index (χ1) is 25.4. The first-order valence-corrected chi connectivity index (χ1v) is 17.9. The summed E-state index contributed by atoms with van der Waals surface area (Å²) in [6.45, 7) is 3.02. The summed E-state index contributed by atoms with van der Waals surface area (Å²) in [4.78, 5) is 20.1. The second-order valence-electron chi connectivity index (χ2n) is 11.2. The van der Waals surface area contributed by atoms with Crippen LogP contribution in [0.2, 0.25) is 0 Å². The third-order valence-corrected chi connectivity index (χ3v) is 9.73. The summed E-state index contributed by atoms with van der Waals surface area (Å²) in [7, 11) is -9.45. The van der Waals surface area contributed by atoms with Crippen LogP contribution in [0.15, 0.2) is 127 Å². The van der Waals surface area contributed by atoms with E-state index in [0.29, 0.717) is 0 Å². The summed E-state index contributed by atoms with van der Waals surface area (Å²) < 4.78 is 68.6. The molecule has 0 aliphatic carbocycles. The predicted octanol–water partition coefficient (Wildman–Crippen LogP) is 7.78. The van der Waals surface area contributed by atoms with Crippen molar-refractivity contribution in [2.75, 3.05) is 0 Å². The van der Waals surface area contributed by atoms with E-state index in [0.717, 1.165) is 12.1 Å². The number of hydrogen-bond donors (Lipinski definition) is 2. The minimum atomic E-state index is -4.73. The Morgan fingerprint density at radius 3 is 1.18 bits per heavy atom. The van der Waals surface area contributed by atoms with E-state index in [2.05, 4.69) is 20.5 Å². The van der Waals surface area contributed by atoms with E-state index in [1.165, 1.54) is 98.8 Å². The maximum absolute atomic E-state index is 11.4. The summed E-state index contributed by atoms with van der Waals surface area (Å²) in [5, 5.41) is 58.6. The van der Waals surface area contributed by atoms with Gasteiger partial charge in [0, 0.05) is 33.7 Å². The van der Waals surface area contributed by atoms with Crippen molar-refractivity contribution in [1.29, 1.82) is 0 Å². The minimum absolute atomic E-state index is 0. The molecular weight excluding hydrogens is 789 g/mol. The van der Waals surface area contributed by atoms with E-state index in [-0.39, 0.29) is 116 Å². The molecule has 6 aromatic rings. The van der Waals surface area contributed by atoms with Crippen LogP contribution in [0.25, 0.3) is 21.5 Å². The van der Waals surface area contributed by atoms with E-state index in [4.69, 9.17) is 0 Å². The van der Waals surface area contributed by atoms with Crippen LogP contribution < -0.4 is 0 Å². The number of benzene rings is 6. The summed E-state index contributed by atoms with van der Waals surface area (Å²) >= 11 is 0. The molecule has 55 heavy (non-hydrogen) atoms. The van der Waals surface area contributed by atoms with Gasteiger partial charge in [-0.2, -0.15) is 0 Å². The monoisotopic (exact) mass is 812 g/mol. The topological polar surface area (TPSA) is 291 Å². The van der Waals surface area contributed by atoms with Gasteiger partial charge in [-0.1, -0.05) is 36.4 Å². The Hall–Kier alpha value is -5.48. The molecule has 0 saturated carbocycles. The molecule has 0 aromatic heterocycles. The number of azo groups is 2. The van der Waals surface area contributed by atoms with E-state index in [1.54, 1.807) is 0 Å². The zero-order chi connectivity index (χ0) is 39.5. The largest absolute Gasteiger partial charge is 2.00 e. The number of hydrogen-bond acceptors (Lipinski definition) is 16. The number of nitrogens with zero attached hydrogens (tertiary/aromatic N) is 6. The molecule has 0 spiro atoms. The Kier molecular flexibility index (Phi) is 13.0. The molecule has 0 heterocycles. The van der Waals surface area contributed by atoms with Crippen molar-refractivity contribution in [1.82, 2.24) is 0 Å². The third-order valence-electron chi connectivity index (χ3n) is 7.94. The van der Waals surface area contributed by atoms with Crippen LogP contribution >= 0.6 is 0 Å². The number of rotatable bonds is 8. The summed E-state index contributed by atoms with van der Waals surface area (Å²) in [5.41, 5.74) is 0.637. The van der Waals surface area contributed by atoms with E-state index in [1.807, 2.05) is 0 Å². The molecule has 276 valence electrons. The maximum atomic E-state index is 11.4. The summed E-state index contributed by atoms with van der Waals surface area (Å²) in [6, 6.07) is 21.6. The first-order valence-electron chi connectivity index (χ1n) is 15.1. The van der Waals surface area contributed by atoms with Crippen molar-refractivity contribution < 1.29 is 46.0 Å². The molecule has 0 aliphatic rings. The number of nitro benzene ring substituents is 2. The Labute approximate surface area is 341 Å². The Morgan fingerprint density at radius 1 is 0.509 bits per heavy atom. The molecule has 21 heteroatoms. The fourth-order valence-corrected chi connectivity index (χ4v) is 6.68. The van der Waals surface area contributed by atoms with Gasteiger partial charge in [0.2, 0.25) is 0 Å². The van der Waals surface area contributed by atoms with E-state index >= 15 is 0 Å². The summed E-state index contributed by atoms with van der Waals surface area (Å²) in [6.07, 6.45) is 0. The molecule has 2 N–H and O–H groups in total. The number of fused-ring (bicyclic) bond motifs is 2. The van der Waals surface area contributed by atoms with Gasteiger partial charge in [-0.25, -0.2) is 16.8 Å². The smallest absolute Gasteiger partial charge is 0.744 e. The van der Waals surface area contributed by atoms with Gasteiger partial charge in [-0.15, -0.1) is 20.5 Å². The second-order valence-corrected chi connectivity index (χ2v) is 13.9. The van der Waals surface area contributed by atoms with Crippen molar-refractivity contribution in [2.24, 2.45) is 20.5 Å². The van der Waals surface area contributed by atoms with Crippen molar-refractivity contribution in [3.8, 4) is 11.5 Å². The van der Waals surface area contributed by atoms with Gasteiger partial charge >= 0.3 is 37.7 Å². The normalized spacial score (nSPS) is 11.7. The van der Waals surface area contributed by atoms with Crippen molar-refractivity contribution in [3.63, 3.8) is 0 Å². The van der Waals surface area contributed by atoms with Gasteiger partial charge in [-0.3, -0.25) is 20.2 Å². The number of nitro groups is 2. The fourth-order valence-electron chi connectivity index (χ4n) is 5.29. The van der Waals surface area contributed by atoms with Gasteiger partial charge in [0.15, 0.2) is 0 Å². The Morgan fingerprint density at radius 2 is 0.855 bits per heavy atom.